The molecule has 6 nitrogen and oxygen atoms in total. The van der Waals surface area contributed by atoms with Crippen molar-refractivity contribution in [2.75, 3.05) is 0 Å². The van der Waals surface area contributed by atoms with Crippen LogP contribution in [0.2, 0.25) is 0 Å². The highest BCUT2D eigenvalue weighted by atomic mass is 16.2. The normalized spacial score (nSPS) is 23.5. The molecule has 1 fully saturated rings. The summed E-state index contributed by atoms with van der Waals surface area (Å²) in [5.74, 6) is -0.613. The molecule has 6 heteroatoms. The number of urea groups is 1. The minimum Gasteiger partial charge on any atom is -0.369 e. The lowest BCUT2D eigenvalue weighted by Gasteiger charge is -2.37. The second kappa shape index (κ2) is 6.63. The Morgan fingerprint density at radius 3 is 2.83 bits per heavy atom. The van der Waals surface area contributed by atoms with Crippen molar-refractivity contribution in [1.82, 2.24) is 10.2 Å². The first-order chi connectivity index (χ1) is 11.5. The van der Waals surface area contributed by atoms with Gasteiger partial charge in [-0.25, -0.2) is 4.79 Å². The lowest BCUT2D eigenvalue weighted by atomic mass is 9.86. The number of fused-ring (bicyclic) bond motifs is 2. The minimum absolute atomic E-state index is 0.0877. The highest BCUT2D eigenvalue weighted by Gasteiger charge is 2.46. The zero-order valence-electron chi connectivity index (χ0n) is 13.8. The molecule has 2 heterocycles. The smallest absolute Gasteiger partial charge is 0.325 e. The quantitative estimate of drug-likeness (QED) is 0.616. The van der Waals surface area contributed by atoms with Crippen molar-refractivity contribution < 1.29 is 14.4 Å². The number of nitrogens with zero attached hydrogens (tertiary/aromatic N) is 1. The summed E-state index contributed by atoms with van der Waals surface area (Å²) in [4.78, 5) is 37.1. The molecule has 1 aromatic carbocycles. The Morgan fingerprint density at radius 1 is 1.33 bits per heavy atom. The van der Waals surface area contributed by atoms with Gasteiger partial charge in [0.15, 0.2) is 0 Å². The summed E-state index contributed by atoms with van der Waals surface area (Å²) in [6.45, 7) is 1.83. The largest absolute Gasteiger partial charge is 0.369 e. The molecule has 0 saturated carbocycles. The summed E-state index contributed by atoms with van der Waals surface area (Å²) in [6.07, 6.45) is 3.85. The molecule has 1 aromatic rings. The number of carbonyl (C=O) groups is 3. The van der Waals surface area contributed by atoms with Gasteiger partial charge in [0.2, 0.25) is 5.91 Å². The maximum atomic E-state index is 12.2. The second-order valence-corrected chi connectivity index (χ2v) is 6.72. The van der Waals surface area contributed by atoms with Crippen LogP contribution in [-0.4, -0.2) is 28.8 Å². The molecule has 2 aliphatic heterocycles. The summed E-state index contributed by atoms with van der Waals surface area (Å²) >= 11 is 0. The molecule has 4 amide bonds. The standard InChI is InChI=1S/C18H23N3O3/c1-11(16(19)22)6-2-5-9-14-13-8-4-3-7-12(13)10-15-17(23)20-18(24)21(14)15/h3-4,7-8,11,14-15H,2,5-6,9-10H2,1H3,(H2,19,22)(H,20,23,24). The summed E-state index contributed by atoms with van der Waals surface area (Å²) in [5, 5.41) is 2.43. The van der Waals surface area contributed by atoms with Crippen LogP contribution in [0.25, 0.3) is 0 Å². The van der Waals surface area contributed by atoms with Crippen LogP contribution in [0.5, 0.6) is 0 Å². The summed E-state index contributed by atoms with van der Waals surface area (Å²) in [6, 6.07) is 7.22. The lowest BCUT2D eigenvalue weighted by molar-refractivity contribution is -0.122. The average Bonchev–Trinajstić information content (AvgIpc) is 2.84. The van der Waals surface area contributed by atoms with E-state index in [9.17, 15) is 14.4 Å². The number of imide groups is 1. The van der Waals surface area contributed by atoms with E-state index in [2.05, 4.69) is 5.32 Å². The van der Waals surface area contributed by atoms with Gasteiger partial charge in [0.1, 0.15) is 6.04 Å². The molecule has 0 radical (unpaired) electrons. The third kappa shape index (κ3) is 3.00. The highest BCUT2D eigenvalue weighted by molar-refractivity contribution is 6.04. The van der Waals surface area contributed by atoms with Crippen molar-refractivity contribution in [3.05, 3.63) is 35.4 Å². The molecule has 24 heavy (non-hydrogen) atoms. The molecule has 3 rings (SSSR count). The van der Waals surface area contributed by atoms with Crippen LogP contribution in [0.3, 0.4) is 0 Å². The van der Waals surface area contributed by atoms with E-state index in [4.69, 9.17) is 5.73 Å². The number of nitrogens with one attached hydrogen (secondary N) is 1. The SMILES string of the molecule is CC(CCCCC1c2ccccc2CC2C(=O)NC(=O)N21)C(N)=O. The Balaban J connectivity index is 1.73. The zero-order chi connectivity index (χ0) is 17.3. The second-order valence-electron chi connectivity index (χ2n) is 6.72. The number of hydrogen-bond donors (Lipinski definition) is 2. The van der Waals surface area contributed by atoms with Gasteiger partial charge in [-0.2, -0.15) is 0 Å². The average molecular weight is 329 g/mol. The molecular weight excluding hydrogens is 306 g/mol. The van der Waals surface area contributed by atoms with E-state index < -0.39 is 6.04 Å². The minimum atomic E-state index is -0.401. The molecule has 0 bridgehead atoms. The van der Waals surface area contributed by atoms with Crippen LogP contribution in [-0.2, 0) is 16.0 Å². The van der Waals surface area contributed by atoms with E-state index >= 15 is 0 Å². The van der Waals surface area contributed by atoms with Crippen molar-refractivity contribution in [2.24, 2.45) is 11.7 Å². The van der Waals surface area contributed by atoms with Gasteiger partial charge in [-0.15, -0.1) is 0 Å². The van der Waals surface area contributed by atoms with Crippen LogP contribution in [0.15, 0.2) is 24.3 Å². The van der Waals surface area contributed by atoms with Crippen molar-refractivity contribution in [3.8, 4) is 0 Å². The van der Waals surface area contributed by atoms with Crippen LogP contribution in [0.1, 0.15) is 49.8 Å². The first-order valence-electron chi connectivity index (χ1n) is 8.49. The van der Waals surface area contributed by atoms with E-state index in [1.807, 2.05) is 31.2 Å². The number of primary amides is 1. The van der Waals surface area contributed by atoms with Crippen LogP contribution in [0, 0.1) is 5.92 Å². The Morgan fingerprint density at radius 2 is 2.08 bits per heavy atom. The lowest BCUT2D eigenvalue weighted by Crippen LogP contribution is -2.43. The van der Waals surface area contributed by atoms with Gasteiger partial charge in [0.05, 0.1) is 6.04 Å². The van der Waals surface area contributed by atoms with E-state index in [0.29, 0.717) is 6.42 Å². The predicted octanol–water partition coefficient (Wildman–Crippen LogP) is 1.89. The van der Waals surface area contributed by atoms with Gasteiger partial charge in [-0.1, -0.05) is 44.0 Å². The molecule has 2 aliphatic rings. The number of hydrogen-bond acceptors (Lipinski definition) is 3. The number of unbranched alkanes of at least 4 members (excludes halogenated alkanes) is 1. The fourth-order valence-electron chi connectivity index (χ4n) is 3.70. The molecule has 3 atom stereocenters. The molecular formula is C18H23N3O3. The molecule has 1 saturated heterocycles. The predicted molar refractivity (Wildman–Crippen MR) is 88.9 cm³/mol. The van der Waals surface area contributed by atoms with Gasteiger partial charge >= 0.3 is 6.03 Å². The van der Waals surface area contributed by atoms with Crippen molar-refractivity contribution >= 4 is 17.8 Å². The number of amides is 4. The number of carbonyl (C=O) groups excluding carboxylic acids is 3. The van der Waals surface area contributed by atoms with E-state index in [1.165, 1.54) is 0 Å². The van der Waals surface area contributed by atoms with Crippen molar-refractivity contribution in [3.63, 3.8) is 0 Å². The third-order valence-electron chi connectivity index (χ3n) is 5.12. The highest BCUT2D eigenvalue weighted by Crippen LogP contribution is 2.38. The Bertz CT molecular complexity index is 673. The summed E-state index contributed by atoms with van der Waals surface area (Å²) in [7, 11) is 0. The van der Waals surface area contributed by atoms with Crippen molar-refractivity contribution in [2.45, 2.75) is 51.1 Å². The maximum absolute atomic E-state index is 12.2. The number of benzene rings is 1. The van der Waals surface area contributed by atoms with E-state index in [1.54, 1.807) is 4.90 Å². The first kappa shape index (κ1) is 16.5. The summed E-state index contributed by atoms with van der Waals surface area (Å²) in [5.41, 5.74) is 7.55. The Hall–Kier alpha value is -2.37. The van der Waals surface area contributed by atoms with Crippen LogP contribution < -0.4 is 11.1 Å². The molecule has 3 N–H and O–H groups in total. The fraction of sp³-hybridized carbons (Fsp3) is 0.500. The number of rotatable bonds is 6. The number of nitrogens with two attached hydrogens (primary N) is 1. The monoisotopic (exact) mass is 329 g/mol. The van der Waals surface area contributed by atoms with Crippen molar-refractivity contribution in [1.29, 1.82) is 0 Å². The van der Waals surface area contributed by atoms with Gasteiger partial charge in [-0.3, -0.25) is 14.9 Å². The Kier molecular flexibility index (Phi) is 4.55. The van der Waals surface area contributed by atoms with Gasteiger partial charge in [-0.05, 0) is 24.0 Å². The van der Waals surface area contributed by atoms with Gasteiger partial charge < -0.3 is 10.6 Å². The molecule has 0 aromatic heterocycles. The topological polar surface area (TPSA) is 92.5 Å². The summed E-state index contributed by atoms with van der Waals surface area (Å²) < 4.78 is 0. The molecule has 3 unspecified atom stereocenters. The van der Waals surface area contributed by atoms with Gasteiger partial charge in [0, 0.05) is 12.3 Å². The first-order valence-corrected chi connectivity index (χ1v) is 8.49. The maximum Gasteiger partial charge on any atom is 0.325 e. The fourth-order valence-corrected chi connectivity index (χ4v) is 3.70. The molecule has 0 aliphatic carbocycles. The Labute approximate surface area is 141 Å². The van der Waals surface area contributed by atoms with Crippen LogP contribution in [0.4, 0.5) is 4.79 Å². The van der Waals surface area contributed by atoms with E-state index in [0.717, 1.165) is 36.8 Å². The third-order valence-corrected chi connectivity index (χ3v) is 5.12. The van der Waals surface area contributed by atoms with E-state index in [-0.39, 0.29) is 29.8 Å². The molecule has 128 valence electrons. The zero-order valence-corrected chi connectivity index (χ0v) is 13.8. The van der Waals surface area contributed by atoms with Gasteiger partial charge in [0.25, 0.3) is 5.91 Å². The molecule has 0 spiro atoms. The van der Waals surface area contributed by atoms with Crippen LogP contribution >= 0.6 is 0 Å².